The van der Waals surface area contributed by atoms with Gasteiger partial charge >= 0.3 is 6.18 Å². The van der Waals surface area contributed by atoms with E-state index in [0.717, 1.165) is 0 Å². The van der Waals surface area contributed by atoms with Crippen LogP contribution in [0.1, 0.15) is 10.4 Å². The largest absolute Gasteiger partial charge is 0.484 e. The van der Waals surface area contributed by atoms with Gasteiger partial charge in [-0.25, -0.2) is 8.42 Å². The van der Waals surface area contributed by atoms with Crippen LogP contribution in [-0.2, 0) is 21.3 Å². The van der Waals surface area contributed by atoms with Crippen LogP contribution in [0.5, 0.6) is 5.75 Å². The van der Waals surface area contributed by atoms with Gasteiger partial charge in [0.15, 0.2) is 16.4 Å². The summed E-state index contributed by atoms with van der Waals surface area (Å²) in [6.07, 6.45) is -4.41. The van der Waals surface area contributed by atoms with Crippen molar-refractivity contribution in [1.82, 2.24) is 0 Å². The molecule has 1 aromatic heterocycles. The summed E-state index contributed by atoms with van der Waals surface area (Å²) in [5.74, 6) is -0.299. The van der Waals surface area contributed by atoms with Crippen molar-refractivity contribution in [3.63, 3.8) is 0 Å². The highest BCUT2D eigenvalue weighted by Crippen LogP contribution is 2.25. The Labute approximate surface area is 140 Å². The zero-order valence-electron chi connectivity index (χ0n) is 11.6. The standard InChI is InChI=1S/C14H12ClF3O3S2/c15-13-6-5-12(22-13)8-23(19,20)7-10-1-3-11(4-2-10)21-9-14(16,17)18/h1-6H,7-9H2. The first kappa shape index (κ1) is 18.1. The second-order valence-electron chi connectivity index (χ2n) is 4.79. The third kappa shape index (κ3) is 6.40. The number of thiophene rings is 1. The maximum absolute atomic E-state index is 12.1. The minimum atomic E-state index is -4.41. The van der Waals surface area contributed by atoms with Gasteiger partial charge in [-0.1, -0.05) is 23.7 Å². The van der Waals surface area contributed by atoms with Crippen LogP contribution >= 0.6 is 22.9 Å². The maximum atomic E-state index is 12.1. The van der Waals surface area contributed by atoms with E-state index in [-0.39, 0.29) is 17.3 Å². The summed E-state index contributed by atoms with van der Waals surface area (Å²) < 4.78 is 65.4. The molecule has 0 N–H and O–H groups in total. The third-order valence-corrected chi connectivity index (χ3v) is 5.64. The van der Waals surface area contributed by atoms with Crippen molar-refractivity contribution in [3.8, 4) is 5.75 Å². The predicted molar refractivity (Wildman–Crippen MR) is 83.6 cm³/mol. The molecule has 1 aromatic carbocycles. The van der Waals surface area contributed by atoms with Crippen LogP contribution in [0.4, 0.5) is 13.2 Å². The van der Waals surface area contributed by atoms with Crippen molar-refractivity contribution in [1.29, 1.82) is 0 Å². The molecule has 0 unspecified atom stereocenters. The van der Waals surface area contributed by atoms with E-state index in [1.165, 1.54) is 35.6 Å². The Morgan fingerprint density at radius 2 is 1.70 bits per heavy atom. The van der Waals surface area contributed by atoms with E-state index in [1.807, 2.05) is 0 Å². The first-order valence-corrected chi connectivity index (χ1v) is 9.38. The summed E-state index contributed by atoms with van der Waals surface area (Å²) in [6.45, 7) is -1.39. The molecule has 0 aliphatic carbocycles. The van der Waals surface area contributed by atoms with E-state index in [2.05, 4.69) is 4.74 Å². The minimum absolute atomic E-state index is 0.0357. The monoisotopic (exact) mass is 384 g/mol. The van der Waals surface area contributed by atoms with Crippen LogP contribution in [0, 0.1) is 0 Å². The number of halogens is 4. The SMILES string of the molecule is O=S(=O)(Cc1ccc(OCC(F)(F)F)cc1)Cc1ccc(Cl)s1. The van der Waals surface area contributed by atoms with Crippen molar-refractivity contribution in [2.45, 2.75) is 17.7 Å². The number of sulfone groups is 1. The van der Waals surface area contributed by atoms with Crippen molar-refractivity contribution >= 4 is 32.8 Å². The molecule has 0 spiro atoms. The predicted octanol–water partition coefficient (Wildman–Crippen LogP) is 4.46. The van der Waals surface area contributed by atoms with Crippen molar-refractivity contribution in [3.05, 3.63) is 51.2 Å². The lowest BCUT2D eigenvalue weighted by molar-refractivity contribution is -0.153. The van der Waals surface area contributed by atoms with Crippen LogP contribution in [-0.4, -0.2) is 21.2 Å². The van der Waals surface area contributed by atoms with Gasteiger partial charge in [-0.3, -0.25) is 0 Å². The van der Waals surface area contributed by atoms with Gasteiger partial charge in [0.1, 0.15) is 5.75 Å². The lowest BCUT2D eigenvalue weighted by atomic mass is 10.2. The fourth-order valence-electron chi connectivity index (χ4n) is 1.80. The van der Waals surface area contributed by atoms with Gasteiger partial charge in [0.25, 0.3) is 0 Å². The molecule has 0 saturated heterocycles. The van der Waals surface area contributed by atoms with E-state index in [0.29, 0.717) is 14.8 Å². The zero-order chi connectivity index (χ0) is 17.1. The molecular weight excluding hydrogens is 373 g/mol. The molecule has 9 heteroatoms. The highest BCUT2D eigenvalue weighted by molar-refractivity contribution is 7.90. The molecule has 23 heavy (non-hydrogen) atoms. The first-order valence-electron chi connectivity index (χ1n) is 6.36. The summed E-state index contributed by atoms with van der Waals surface area (Å²) in [7, 11) is -3.39. The van der Waals surface area contributed by atoms with E-state index in [4.69, 9.17) is 11.6 Å². The Kier molecular flexibility index (Phi) is 5.59. The van der Waals surface area contributed by atoms with Gasteiger partial charge in [-0.15, -0.1) is 11.3 Å². The van der Waals surface area contributed by atoms with Gasteiger partial charge in [0, 0.05) is 4.88 Å². The summed E-state index contributed by atoms with van der Waals surface area (Å²) in [5.41, 5.74) is 0.479. The Morgan fingerprint density at radius 1 is 1.04 bits per heavy atom. The van der Waals surface area contributed by atoms with Crippen LogP contribution in [0.2, 0.25) is 4.34 Å². The summed E-state index contributed by atoms with van der Waals surface area (Å²) in [5, 5.41) is 0. The second-order valence-corrected chi connectivity index (χ2v) is 8.65. The highest BCUT2D eigenvalue weighted by Gasteiger charge is 2.28. The Bertz CT molecular complexity index is 752. The molecule has 0 aliphatic heterocycles. The third-order valence-electron chi connectivity index (χ3n) is 2.70. The van der Waals surface area contributed by atoms with Gasteiger partial charge in [-0.05, 0) is 29.8 Å². The average molecular weight is 385 g/mol. The molecule has 0 aliphatic rings. The van der Waals surface area contributed by atoms with Crippen LogP contribution in [0.15, 0.2) is 36.4 Å². The lowest BCUT2D eigenvalue weighted by Crippen LogP contribution is -2.19. The smallest absolute Gasteiger partial charge is 0.422 e. The molecule has 0 bridgehead atoms. The molecule has 2 rings (SSSR count). The molecule has 1 heterocycles. The minimum Gasteiger partial charge on any atom is -0.484 e. The van der Waals surface area contributed by atoms with Gasteiger partial charge in [0.05, 0.1) is 15.8 Å². The molecule has 126 valence electrons. The molecule has 3 nitrogen and oxygen atoms in total. The van der Waals surface area contributed by atoms with E-state index >= 15 is 0 Å². The zero-order valence-corrected chi connectivity index (χ0v) is 14.0. The molecule has 0 atom stereocenters. The van der Waals surface area contributed by atoms with Crippen LogP contribution < -0.4 is 4.74 Å². The Balaban J connectivity index is 1.97. The lowest BCUT2D eigenvalue weighted by Gasteiger charge is -2.09. The van der Waals surface area contributed by atoms with Gasteiger partial charge in [0.2, 0.25) is 0 Å². The van der Waals surface area contributed by atoms with Crippen LogP contribution in [0.25, 0.3) is 0 Å². The fraction of sp³-hybridized carbons (Fsp3) is 0.286. The summed E-state index contributed by atoms with van der Waals surface area (Å²) in [4.78, 5) is 0.639. The molecule has 0 amide bonds. The van der Waals surface area contributed by atoms with Gasteiger partial charge < -0.3 is 4.74 Å². The molecule has 2 aromatic rings. The normalized spacial score (nSPS) is 12.3. The number of ether oxygens (including phenoxy) is 1. The average Bonchev–Trinajstić information content (AvgIpc) is 2.81. The topological polar surface area (TPSA) is 43.4 Å². The summed E-state index contributed by atoms with van der Waals surface area (Å²) >= 11 is 6.95. The Morgan fingerprint density at radius 3 is 2.22 bits per heavy atom. The van der Waals surface area contributed by atoms with E-state index in [9.17, 15) is 21.6 Å². The summed E-state index contributed by atoms with van der Waals surface area (Å²) in [6, 6.07) is 8.79. The van der Waals surface area contributed by atoms with E-state index < -0.39 is 22.6 Å². The Hall–Kier alpha value is -1.25. The maximum Gasteiger partial charge on any atom is 0.422 e. The molecule has 0 saturated carbocycles. The number of alkyl halides is 3. The second kappa shape index (κ2) is 7.11. The number of rotatable bonds is 6. The number of hydrogen-bond acceptors (Lipinski definition) is 4. The van der Waals surface area contributed by atoms with E-state index in [1.54, 1.807) is 12.1 Å². The van der Waals surface area contributed by atoms with Crippen LogP contribution in [0.3, 0.4) is 0 Å². The highest BCUT2D eigenvalue weighted by atomic mass is 35.5. The van der Waals surface area contributed by atoms with Crippen molar-refractivity contribution in [2.24, 2.45) is 0 Å². The quantitative estimate of drug-likeness (QED) is 0.738. The van der Waals surface area contributed by atoms with Crippen molar-refractivity contribution in [2.75, 3.05) is 6.61 Å². The number of benzene rings is 1. The molecule has 0 fully saturated rings. The fourth-order valence-corrected chi connectivity index (χ4v) is 4.79. The van der Waals surface area contributed by atoms with Crippen molar-refractivity contribution < 1.29 is 26.3 Å². The van der Waals surface area contributed by atoms with Gasteiger partial charge in [-0.2, -0.15) is 13.2 Å². The molecule has 0 radical (unpaired) electrons. The molecular formula is C14H12ClF3O3S2. The first-order chi connectivity index (χ1) is 10.6. The number of hydrogen-bond donors (Lipinski definition) is 0.